The number of rotatable bonds is 3. The Morgan fingerprint density at radius 1 is 1.39 bits per heavy atom. The number of carbonyl (C=O) groups is 1. The molecule has 2 aromatic rings. The zero-order valence-corrected chi connectivity index (χ0v) is 10.2. The lowest BCUT2D eigenvalue weighted by Gasteiger charge is -2.01. The number of anilines is 1. The van der Waals surface area contributed by atoms with Gasteiger partial charge in [0.2, 0.25) is 5.91 Å². The van der Waals surface area contributed by atoms with Gasteiger partial charge in [-0.15, -0.1) is 0 Å². The van der Waals surface area contributed by atoms with Crippen molar-refractivity contribution in [3.05, 3.63) is 47.7 Å². The highest BCUT2D eigenvalue weighted by molar-refractivity contribution is 5.94. The van der Waals surface area contributed by atoms with Crippen LogP contribution in [0.3, 0.4) is 0 Å². The van der Waals surface area contributed by atoms with E-state index in [0.717, 1.165) is 12.1 Å². The predicted molar refractivity (Wildman–Crippen MR) is 69.2 cm³/mol. The molecule has 0 spiro atoms. The third-order valence-corrected chi connectivity index (χ3v) is 3.31. The van der Waals surface area contributed by atoms with Crippen LogP contribution in [0.15, 0.2) is 36.4 Å². The fourth-order valence-corrected chi connectivity index (χ4v) is 2.25. The molecule has 2 unspecified atom stereocenters. The van der Waals surface area contributed by atoms with Crippen molar-refractivity contribution < 1.29 is 4.79 Å². The molecular formula is C14H15N3O. The van der Waals surface area contributed by atoms with Gasteiger partial charge < -0.3 is 5.32 Å². The minimum atomic E-state index is 0.0651. The molecule has 4 nitrogen and oxygen atoms in total. The van der Waals surface area contributed by atoms with E-state index in [9.17, 15) is 4.79 Å². The summed E-state index contributed by atoms with van der Waals surface area (Å²) in [6, 6.07) is 12.0. The number of aromatic nitrogens is 2. The second kappa shape index (κ2) is 4.29. The summed E-state index contributed by atoms with van der Waals surface area (Å²) in [5.41, 5.74) is 2.19. The first-order chi connectivity index (χ1) is 8.74. The number of carbonyl (C=O) groups excluding carboxylic acids is 1. The fourth-order valence-electron chi connectivity index (χ4n) is 2.25. The van der Waals surface area contributed by atoms with Gasteiger partial charge in [-0.2, -0.15) is 5.10 Å². The van der Waals surface area contributed by atoms with E-state index >= 15 is 0 Å². The zero-order chi connectivity index (χ0) is 12.5. The van der Waals surface area contributed by atoms with Crippen LogP contribution in [0.2, 0.25) is 0 Å². The van der Waals surface area contributed by atoms with E-state index in [1.54, 1.807) is 0 Å². The van der Waals surface area contributed by atoms with E-state index < -0.39 is 0 Å². The van der Waals surface area contributed by atoms with Gasteiger partial charge in [-0.1, -0.05) is 30.3 Å². The Labute approximate surface area is 105 Å². The van der Waals surface area contributed by atoms with Crippen molar-refractivity contribution in [2.45, 2.75) is 19.3 Å². The number of hydrogen-bond acceptors (Lipinski definition) is 2. The minimum Gasteiger partial charge on any atom is -0.309 e. The quantitative estimate of drug-likeness (QED) is 0.867. The number of H-pyrrole nitrogens is 1. The molecule has 1 fully saturated rings. The second-order valence-corrected chi connectivity index (χ2v) is 4.78. The number of benzene rings is 1. The maximum absolute atomic E-state index is 12.0. The Hall–Kier alpha value is -2.10. The number of amides is 1. The van der Waals surface area contributed by atoms with Gasteiger partial charge in [0, 0.05) is 17.7 Å². The number of aromatic amines is 1. The molecule has 0 bridgehead atoms. The Morgan fingerprint density at radius 2 is 2.17 bits per heavy atom. The van der Waals surface area contributed by atoms with Crippen LogP contribution in [0.4, 0.5) is 5.82 Å². The largest absolute Gasteiger partial charge is 0.309 e. The van der Waals surface area contributed by atoms with Crippen LogP contribution in [-0.4, -0.2) is 16.1 Å². The third-order valence-electron chi connectivity index (χ3n) is 3.31. The molecule has 1 saturated carbocycles. The van der Waals surface area contributed by atoms with Crippen molar-refractivity contribution in [1.82, 2.24) is 10.2 Å². The first-order valence-corrected chi connectivity index (χ1v) is 6.12. The van der Waals surface area contributed by atoms with E-state index in [2.05, 4.69) is 27.6 Å². The summed E-state index contributed by atoms with van der Waals surface area (Å²) < 4.78 is 0. The summed E-state index contributed by atoms with van der Waals surface area (Å²) in [6.45, 7) is 1.91. The van der Waals surface area contributed by atoms with E-state index in [0.29, 0.717) is 11.7 Å². The molecule has 1 amide bonds. The normalized spacial score (nSPS) is 21.6. The lowest BCUT2D eigenvalue weighted by atomic mass is 10.1. The average molecular weight is 241 g/mol. The molecule has 1 heterocycles. The highest BCUT2D eigenvalue weighted by Gasteiger charge is 2.43. The second-order valence-electron chi connectivity index (χ2n) is 4.78. The Bertz CT molecular complexity index is 561. The maximum atomic E-state index is 12.0. The molecule has 4 heteroatoms. The van der Waals surface area contributed by atoms with Crippen LogP contribution in [0.25, 0.3) is 0 Å². The van der Waals surface area contributed by atoms with Crippen LogP contribution in [0.1, 0.15) is 23.6 Å². The highest BCUT2D eigenvalue weighted by Crippen LogP contribution is 2.47. The minimum absolute atomic E-state index is 0.0651. The van der Waals surface area contributed by atoms with Crippen molar-refractivity contribution in [3.63, 3.8) is 0 Å². The van der Waals surface area contributed by atoms with E-state index in [-0.39, 0.29) is 11.8 Å². The molecule has 1 aliphatic carbocycles. The molecule has 18 heavy (non-hydrogen) atoms. The van der Waals surface area contributed by atoms with Crippen LogP contribution in [-0.2, 0) is 4.79 Å². The predicted octanol–water partition coefficient (Wildman–Crippen LogP) is 2.46. The van der Waals surface area contributed by atoms with Crippen LogP contribution in [0.5, 0.6) is 0 Å². The average Bonchev–Trinajstić information content (AvgIpc) is 3.09. The number of nitrogens with zero attached hydrogens (tertiary/aromatic N) is 1. The molecule has 1 aromatic heterocycles. The van der Waals surface area contributed by atoms with Gasteiger partial charge in [0.1, 0.15) is 0 Å². The highest BCUT2D eigenvalue weighted by atomic mass is 16.2. The molecule has 1 aliphatic rings. The third kappa shape index (κ3) is 2.14. The molecule has 2 atom stereocenters. The topological polar surface area (TPSA) is 57.8 Å². The van der Waals surface area contributed by atoms with Crippen molar-refractivity contribution in [2.24, 2.45) is 5.92 Å². The van der Waals surface area contributed by atoms with Crippen molar-refractivity contribution in [3.8, 4) is 0 Å². The van der Waals surface area contributed by atoms with Gasteiger partial charge in [-0.3, -0.25) is 9.89 Å². The van der Waals surface area contributed by atoms with Gasteiger partial charge in [0.25, 0.3) is 0 Å². The molecule has 3 rings (SSSR count). The van der Waals surface area contributed by atoms with Crippen LogP contribution < -0.4 is 5.32 Å². The fraction of sp³-hybridized carbons (Fsp3) is 0.286. The molecule has 0 saturated heterocycles. The standard InChI is InChI=1S/C14H15N3O/c1-9-7-13(17-16-9)15-14(18)12-8-11(12)10-5-3-2-4-6-10/h2-7,11-12H,8H2,1H3,(H2,15,16,17,18). The lowest BCUT2D eigenvalue weighted by molar-refractivity contribution is -0.117. The summed E-state index contributed by atoms with van der Waals surface area (Å²) in [5, 5.41) is 9.66. The SMILES string of the molecule is Cc1cc(NC(=O)C2CC2c2ccccc2)n[nH]1. The number of hydrogen-bond donors (Lipinski definition) is 2. The van der Waals surface area contributed by atoms with Gasteiger partial charge >= 0.3 is 0 Å². The number of nitrogens with one attached hydrogen (secondary N) is 2. The van der Waals surface area contributed by atoms with Crippen LogP contribution >= 0.6 is 0 Å². The Balaban J connectivity index is 1.63. The van der Waals surface area contributed by atoms with E-state index in [4.69, 9.17) is 0 Å². The summed E-state index contributed by atoms with van der Waals surface area (Å²) in [6.07, 6.45) is 0.930. The Morgan fingerprint density at radius 3 is 2.83 bits per heavy atom. The van der Waals surface area contributed by atoms with Gasteiger partial charge in [-0.05, 0) is 24.8 Å². The van der Waals surface area contributed by atoms with Gasteiger partial charge in [0.05, 0.1) is 0 Å². The summed E-state index contributed by atoms with van der Waals surface area (Å²) in [7, 11) is 0. The lowest BCUT2D eigenvalue weighted by Crippen LogP contribution is -2.14. The summed E-state index contributed by atoms with van der Waals surface area (Å²) >= 11 is 0. The summed E-state index contributed by atoms with van der Waals surface area (Å²) in [4.78, 5) is 12.0. The zero-order valence-electron chi connectivity index (χ0n) is 10.2. The smallest absolute Gasteiger partial charge is 0.229 e. The molecule has 0 aliphatic heterocycles. The monoisotopic (exact) mass is 241 g/mol. The molecule has 1 aromatic carbocycles. The van der Waals surface area contributed by atoms with Gasteiger partial charge in [0.15, 0.2) is 5.82 Å². The van der Waals surface area contributed by atoms with Crippen LogP contribution in [0, 0.1) is 12.8 Å². The van der Waals surface area contributed by atoms with Crippen molar-refractivity contribution >= 4 is 11.7 Å². The van der Waals surface area contributed by atoms with E-state index in [1.807, 2.05) is 31.2 Å². The molecule has 2 N–H and O–H groups in total. The first-order valence-electron chi connectivity index (χ1n) is 6.12. The number of aryl methyl sites for hydroxylation is 1. The summed E-state index contributed by atoms with van der Waals surface area (Å²) in [5.74, 6) is 1.13. The van der Waals surface area contributed by atoms with Crippen molar-refractivity contribution in [1.29, 1.82) is 0 Å². The molecule has 0 radical (unpaired) electrons. The first kappa shape index (κ1) is 11.0. The maximum Gasteiger partial charge on any atom is 0.229 e. The van der Waals surface area contributed by atoms with Crippen molar-refractivity contribution in [2.75, 3.05) is 5.32 Å². The molecular weight excluding hydrogens is 226 g/mol. The van der Waals surface area contributed by atoms with E-state index in [1.165, 1.54) is 5.56 Å². The Kier molecular flexibility index (Phi) is 2.63. The molecule has 92 valence electrons. The van der Waals surface area contributed by atoms with Gasteiger partial charge in [-0.25, -0.2) is 0 Å².